The molecule has 6 nitrogen and oxygen atoms in total. The summed E-state index contributed by atoms with van der Waals surface area (Å²) in [6.45, 7) is 1.16. The predicted octanol–water partition coefficient (Wildman–Crippen LogP) is 2.25. The van der Waals surface area contributed by atoms with Crippen molar-refractivity contribution in [2.75, 3.05) is 0 Å². The first-order valence-corrected chi connectivity index (χ1v) is 7.19. The number of benzene rings is 1. The molecule has 23 heavy (non-hydrogen) atoms. The monoisotopic (exact) mass is 308 g/mol. The number of aromatic nitrogens is 3. The Morgan fingerprint density at radius 1 is 1.22 bits per heavy atom. The lowest BCUT2D eigenvalue weighted by Crippen LogP contribution is -2.20. The second kappa shape index (κ2) is 7.22. The zero-order valence-electron chi connectivity index (χ0n) is 12.4. The third-order valence-electron chi connectivity index (χ3n) is 3.24. The van der Waals surface area contributed by atoms with Gasteiger partial charge in [-0.15, -0.1) is 0 Å². The fourth-order valence-corrected chi connectivity index (χ4v) is 2.06. The average molecular weight is 308 g/mol. The normalized spacial score (nSPS) is 11.0. The topological polar surface area (TPSA) is 73.0 Å². The summed E-state index contributed by atoms with van der Waals surface area (Å²) < 4.78 is 6.88. The van der Waals surface area contributed by atoms with Crippen LogP contribution in [0.4, 0.5) is 0 Å². The maximum absolute atomic E-state index is 11.7. The summed E-state index contributed by atoms with van der Waals surface area (Å²) in [4.78, 5) is 15.6. The molecule has 6 heteroatoms. The van der Waals surface area contributed by atoms with Crippen molar-refractivity contribution in [3.8, 4) is 0 Å². The highest BCUT2D eigenvalue weighted by Crippen LogP contribution is 2.06. The number of rotatable bonds is 6. The van der Waals surface area contributed by atoms with E-state index >= 15 is 0 Å². The van der Waals surface area contributed by atoms with Gasteiger partial charge in [0.05, 0.1) is 12.8 Å². The predicted molar refractivity (Wildman–Crippen MR) is 85.2 cm³/mol. The zero-order chi connectivity index (χ0) is 15.9. The maximum atomic E-state index is 11.7. The van der Waals surface area contributed by atoms with Gasteiger partial charge in [0.25, 0.3) is 0 Å². The van der Waals surface area contributed by atoms with Gasteiger partial charge in [-0.2, -0.15) is 5.10 Å². The Labute approximate surface area is 133 Å². The minimum Gasteiger partial charge on any atom is -0.465 e. The highest BCUT2D eigenvalue weighted by Gasteiger charge is 1.99. The van der Waals surface area contributed by atoms with Gasteiger partial charge in [0.15, 0.2) is 0 Å². The molecule has 0 saturated heterocycles. The molecule has 0 fully saturated rings. The SMILES string of the molecule is O=C(/C=C/c1ccco1)NCc1ccc(Cn2cncn2)cc1. The molecule has 0 aliphatic heterocycles. The first kappa shape index (κ1) is 14.8. The van der Waals surface area contributed by atoms with E-state index in [1.807, 2.05) is 24.3 Å². The molecule has 0 spiro atoms. The van der Waals surface area contributed by atoms with E-state index in [0.29, 0.717) is 18.8 Å². The summed E-state index contributed by atoms with van der Waals surface area (Å²) in [5, 5.41) is 6.90. The molecule has 2 aromatic heterocycles. The molecule has 0 atom stereocenters. The molecule has 2 heterocycles. The first-order chi connectivity index (χ1) is 11.3. The van der Waals surface area contributed by atoms with Gasteiger partial charge in [-0.05, 0) is 29.3 Å². The number of amides is 1. The van der Waals surface area contributed by atoms with Crippen molar-refractivity contribution in [2.45, 2.75) is 13.1 Å². The highest BCUT2D eigenvalue weighted by molar-refractivity contribution is 5.91. The number of hydrogen-bond donors (Lipinski definition) is 1. The molecule has 1 amide bonds. The summed E-state index contributed by atoms with van der Waals surface area (Å²) in [5.41, 5.74) is 2.16. The van der Waals surface area contributed by atoms with Crippen LogP contribution in [-0.2, 0) is 17.9 Å². The number of nitrogens with zero attached hydrogens (tertiary/aromatic N) is 3. The summed E-state index contributed by atoms with van der Waals surface area (Å²) in [6.07, 6.45) is 7.85. The molecule has 1 aromatic carbocycles. The fourth-order valence-electron chi connectivity index (χ4n) is 2.06. The van der Waals surface area contributed by atoms with Crippen LogP contribution in [0.1, 0.15) is 16.9 Å². The van der Waals surface area contributed by atoms with E-state index in [4.69, 9.17) is 4.42 Å². The summed E-state index contributed by atoms with van der Waals surface area (Å²) in [6, 6.07) is 11.6. The number of carbonyl (C=O) groups excluding carboxylic acids is 1. The van der Waals surface area contributed by atoms with Crippen molar-refractivity contribution < 1.29 is 9.21 Å². The second-order valence-electron chi connectivity index (χ2n) is 4.98. The quantitative estimate of drug-likeness (QED) is 0.709. The van der Waals surface area contributed by atoms with Crippen molar-refractivity contribution in [2.24, 2.45) is 0 Å². The van der Waals surface area contributed by atoms with Gasteiger partial charge in [-0.1, -0.05) is 24.3 Å². The molecule has 3 rings (SSSR count). The molecule has 0 saturated carbocycles. The third kappa shape index (κ3) is 4.41. The van der Waals surface area contributed by atoms with E-state index in [1.165, 1.54) is 12.4 Å². The van der Waals surface area contributed by atoms with Crippen LogP contribution in [-0.4, -0.2) is 20.7 Å². The lowest BCUT2D eigenvalue weighted by atomic mass is 10.1. The van der Waals surface area contributed by atoms with Gasteiger partial charge in [0.1, 0.15) is 18.4 Å². The van der Waals surface area contributed by atoms with E-state index in [1.54, 1.807) is 35.5 Å². The molecular weight excluding hydrogens is 292 g/mol. The maximum Gasteiger partial charge on any atom is 0.244 e. The Balaban J connectivity index is 1.49. The molecule has 0 unspecified atom stereocenters. The minimum absolute atomic E-state index is 0.159. The molecule has 0 bridgehead atoms. The van der Waals surface area contributed by atoms with Crippen molar-refractivity contribution >= 4 is 12.0 Å². The molecule has 3 aromatic rings. The van der Waals surface area contributed by atoms with Crippen molar-refractivity contribution in [3.05, 3.63) is 78.3 Å². The van der Waals surface area contributed by atoms with Crippen LogP contribution in [0.3, 0.4) is 0 Å². The van der Waals surface area contributed by atoms with Gasteiger partial charge in [0.2, 0.25) is 5.91 Å². The first-order valence-electron chi connectivity index (χ1n) is 7.19. The highest BCUT2D eigenvalue weighted by atomic mass is 16.3. The van der Waals surface area contributed by atoms with Gasteiger partial charge >= 0.3 is 0 Å². The number of hydrogen-bond acceptors (Lipinski definition) is 4. The Kier molecular flexibility index (Phi) is 4.63. The number of carbonyl (C=O) groups is 1. The Morgan fingerprint density at radius 3 is 2.74 bits per heavy atom. The largest absolute Gasteiger partial charge is 0.465 e. The van der Waals surface area contributed by atoms with Crippen LogP contribution < -0.4 is 5.32 Å². The zero-order valence-corrected chi connectivity index (χ0v) is 12.4. The van der Waals surface area contributed by atoms with Crippen LogP contribution in [0.2, 0.25) is 0 Å². The summed E-state index contributed by atoms with van der Waals surface area (Å²) in [7, 11) is 0. The van der Waals surface area contributed by atoms with E-state index in [9.17, 15) is 4.79 Å². The van der Waals surface area contributed by atoms with Gasteiger partial charge in [-0.25, -0.2) is 9.67 Å². The third-order valence-corrected chi connectivity index (χ3v) is 3.24. The van der Waals surface area contributed by atoms with Crippen LogP contribution in [0.15, 0.2) is 65.8 Å². The lowest BCUT2D eigenvalue weighted by molar-refractivity contribution is -0.116. The van der Waals surface area contributed by atoms with E-state index < -0.39 is 0 Å². The van der Waals surface area contributed by atoms with Crippen molar-refractivity contribution in [1.82, 2.24) is 20.1 Å². The second-order valence-corrected chi connectivity index (χ2v) is 4.98. The van der Waals surface area contributed by atoms with Gasteiger partial charge in [0, 0.05) is 12.6 Å². The van der Waals surface area contributed by atoms with E-state index in [-0.39, 0.29) is 5.91 Å². The van der Waals surface area contributed by atoms with Crippen LogP contribution in [0, 0.1) is 0 Å². The molecular formula is C17H16N4O2. The van der Waals surface area contributed by atoms with Crippen LogP contribution in [0.5, 0.6) is 0 Å². The standard InChI is InChI=1S/C17H16N4O2/c22-17(8-7-16-2-1-9-23-16)19-10-14-3-5-15(6-4-14)11-21-13-18-12-20-21/h1-9,12-13H,10-11H2,(H,19,22)/b8-7+. The summed E-state index contributed by atoms with van der Waals surface area (Å²) in [5.74, 6) is 0.491. The molecule has 0 aliphatic rings. The van der Waals surface area contributed by atoms with Crippen LogP contribution >= 0.6 is 0 Å². The van der Waals surface area contributed by atoms with E-state index in [2.05, 4.69) is 15.4 Å². The number of furan rings is 1. The molecule has 1 N–H and O–H groups in total. The van der Waals surface area contributed by atoms with Gasteiger partial charge in [-0.3, -0.25) is 4.79 Å². The number of nitrogens with one attached hydrogen (secondary N) is 1. The molecule has 0 radical (unpaired) electrons. The van der Waals surface area contributed by atoms with E-state index in [0.717, 1.165) is 11.1 Å². The Morgan fingerprint density at radius 2 is 2.04 bits per heavy atom. The van der Waals surface area contributed by atoms with Crippen molar-refractivity contribution in [1.29, 1.82) is 0 Å². The smallest absolute Gasteiger partial charge is 0.244 e. The van der Waals surface area contributed by atoms with Crippen LogP contribution in [0.25, 0.3) is 6.08 Å². The van der Waals surface area contributed by atoms with Gasteiger partial charge < -0.3 is 9.73 Å². The Hall–Kier alpha value is -3.15. The average Bonchev–Trinajstić information content (AvgIpc) is 3.26. The minimum atomic E-state index is -0.159. The lowest BCUT2D eigenvalue weighted by Gasteiger charge is -2.05. The fraction of sp³-hybridized carbons (Fsp3) is 0.118. The molecule has 0 aliphatic carbocycles. The van der Waals surface area contributed by atoms with Crippen molar-refractivity contribution in [3.63, 3.8) is 0 Å². The molecule has 116 valence electrons. The summed E-state index contributed by atoms with van der Waals surface area (Å²) >= 11 is 0. The Bertz CT molecular complexity index is 760.